The number of thiophene rings is 1. The van der Waals surface area contributed by atoms with Crippen LogP contribution in [0.5, 0.6) is 0 Å². The molecule has 24 heavy (non-hydrogen) atoms. The van der Waals surface area contributed by atoms with E-state index in [2.05, 4.69) is 25.5 Å². The summed E-state index contributed by atoms with van der Waals surface area (Å²) in [6.45, 7) is 5.58. The molecule has 2 aromatic rings. The topological polar surface area (TPSA) is 90.4 Å². The molecule has 2 rings (SSSR count). The van der Waals surface area contributed by atoms with Gasteiger partial charge in [0.05, 0.1) is 16.4 Å². The minimum absolute atomic E-state index is 0.185. The van der Waals surface area contributed by atoms with Crippen molar-refractivity contribution < 1.29 is 9.90 Å². The van der Waals surface area contributed by atoms with Gasteiger partial charge in [-0.1, -0.05) is 0 Å². The lowest BCUT2D eigenvalue weighted by Crippen LogP contribution is -2.30. The molecule has 2 heterocycles. The zero-order valence-electron chi connectivity index (χ0n) is 14.6. The van der Waals surface area contributed by atoms with E-state index < -0.39 is 6.10 Å². The molecule has 7 nitrogen and oxygen atoms in total. The van der Waals surface area contributed by atoms with Gasteiger partial charge in [0, 0.05) is 13.1 Å². The number of hydrogen-bond acceptors (Lipinski definition) is 7. The Morgan fingerprint density at radius 2 is 2.17 bits per heavy atom. The molecule has 0 saturated carbocycles. The number of rotatable bonds is 8. The molecular formula is C16H25N5O2S. The monoisotopic (exact) mass is 351 g/mol. The Hall–Kier alpha value is -1.77. The Bertz CT molecular complexity index is 699. The second-order valence-corrected chi connectivity index (χ2v) is 7.10. The maximum atomic E-state index is 12.3. The third kappa shape index (κ3) is 4.62. The van der Waals surface area contributed by atoms with Crippen molar-refractivity contribution in [2.75, 3.05) is 39.0 Å². The van der Waals surface area contributed by atoms with Crippen molar-refractivity contribution in [3.8, 4) is 0 Å². The van der Waals surface area contributed by atoms with Crippen LogP contribution in [-0.4, -0.2) is 65.7 Å². The molecule has 8 heteroatoms. The summed E-state index contributed by atoms with van der Waals surface area (Å²) in [6.07, 6.45) is 1.95. The fraction of sp³-hybridized carbons (Fsp3) is 0.562. The van der Waals surface area contributed by atoms with Crippen molar-refractivity contribution in [1.29, 1.82) is 0 Å². The van der Waals surface area contributed by atoms with Crippen molar-refractivity contribution in [2.45, 2.75) is 26.4 Å². The Labute approximate surface area is 146 Å². The zero-order chi connectivity index (χ0) is 17.7. The molecule has 1 atom stereocenters. The van der Waals surface area contributed by atoms with Crippen molar-refractivity contribution in [3.05, 3.63) is 16.8 Å². The molecule has 0 aliphatic rings. The van der Waals surface area contributed by atoms with Gasteiger partial charge in [-0.3, -0.25) is 4.79 Å². The molecule has 0 aromatic carbocycles. The third-order valence-electron chi connectivity index (χ3n) is 3.57. The average Bonchev–Trinajstić information content (AvgIpc) is 2.87. The van der Waals surface area contributed by atoms with Crippen LogP contribution in [0.3, 0.4) is 0 Å². The van der Waals surface area contributed by atoms with Crippen LogP contribution in [0.15, 0.2) is 6.33 Å². The van der Waals surface area contributed by atoms with Gasteiger partial charge in [-0.25, -0.2) is 9.97 Å². The Kier molecular flexibility index (Phi) is 6.47. The smallest absolute Gasteiger partial charge is 0.261 e. The molecule has 132 valence electrons. The summed E-state index contributed by atoms with van der Waals surface area (Å²) in [5, 5.41) is 16.3. The van der Waals surface area contributed by atoms with E-state index in [1.165, 1.54) is 17.7 Å². The molecule has 1 amide bonds. The van der Waals surface area contributed by atoms with E-state index in [0.717, 1.165) is 41.1 Å². The number of nitrogens with zero attached hydrogens (tertiary/aromatic N) is 3. The van der Waals surface area contributed by atoms with Gasteiger partial charge in [0.1, 0.15) is 17.0 Å². The van der Waals surface area contributed by atoms with E-state index in [4.69, 9.17) is 0 Å². The highest BCUT2D eigenvalue weighted by molar-refractivity contribution is 7.20. The van der Waals surface area contributed by atoms with E-state index in [1.54, 1.807) is 6.92 Å². The Balaban J connectivity index is 2.18. The summed E-state index contributed by atoms with van der Waals surface area (Å²) in [4.78, 5) is 24.5. The van der Waals surface area contributed by atoms with Crippen LogP contribution in [0.25, 0.3) is 10.2 Å². The largest absolute Gasteiger partial charge is 0.392 e. The van der Waals surface area contributed by atoms with E-state index >= 15 is 0 Å². The predicted octanol–water partition coefficient (Wildman–Crippen LogP) is 1.47. The molecule has 2 aromatic heterocycles. The molecule has 0 bridgehead atoms. The summed E-state index contributed by atoms with van der Waals surface area (Å²) in [5.41, 5.74) is 0.869. The number of aliphatic hydroxyl groups excluding tert-OH is 1. The highest BCUT2D eigenvalue weighted by atomic mass is 32.1. The molecule has 0 aliphatic carbocycles. The number of hydrogen-bond donors (Lipinski definition) is 3. The molecule has 0 fully saturated rings. The first-order valence-electron chi connectivity index (χ1n) is 7.99. The first-order valence-corrected chi connectivity index (χ1v) is 8.80. The average molecular weight is 351 g/mol. The van der Waals surface area contributed by atoms with Crippen LogP contribution in [0.1, 0.15) is 28.6 Å². The van der Waals surface area contributed by atoms with Crippen LogP contribution in [0, 0.1) is 6.92 Å². The minimum atomic E-state index is -0.572. The van der Waals surface area contributed by atoms with E-state index in [0.29, 0.717) is 4.88 Å². The van der Waals surface area contributed by atoms with E-state index in [-0.39, 0.29) is 12.5 Å². The normalized spacial score (nSPS) is 12.6. The summed E-state index contributed by atoms with van der Waals surface area (Å²) in [7, 11) is 4.09. The lowest BCUT2D eigenvalue weighted by Gasteiger charge is -2.11. The van der Waals surface area contributed by atoms with Crippen molar-refractivity contribution in [2.24, 2.45) is 0 Å². The Morgan fingerprint density at radius 1 is 1.42 bits per heavy atom. The number of fused-ring (bicyclic) bond motifs is 1. The number of amides is 1. The van der Waals surface area contributed by atoms with Crippen molar-refractivity contribution >= 4 is 33.3 Å². The number of anilines is 1. The van der Waals surface area contributed by atoms with Crippen LogP contribution in [0.2, 0.25) is 0 Å². The van der Waals surface area contributed by atoms with Crippen LogP contribution >= 0.6 is 11.3 Å². The van der Waals surface area contributed by atoms with Crippen LogP contribution < -0.4 is 10.6 Å². The minimum Gasteiger partial charge on any atom is -0.392 e. The second kappa shape index (κ2) is 8.36. The first kappa shape index (κ1) is 18.6. The standard InChI is InChI=1S/C16H25N5O2S/c1-10(22)8-18-15(23)13-11(2)12-14(17-6-5-7-21(3)4)19-9-20-16(12)24-13/h9-10,22H,5-8H2,1-4H3,(H,18,23)(H,17,19,20). The summed E-state index contributed by atoms with van der Waals surface area (Å²) < 4.78 is 0. The van der Waals surface area contributed by atoms with Crippen molar-refractivity contribution in [3.63, 3.8) is 0 Å². The number of nitrogens with one attached hydrogen (secondary N) is 2. The Morgan fingerprint density at radius 3 is 2.83 bits per heavy atom. The molecule has 0 saturated heterocycles. The summed E-state index contributed by atoms with van der Waals surface area (Å²) >= 11 is 1.35. The van der Waals surface area contributed by atoms with Gasteiger partial charge in [0.25, 0.3) is 5.91 Å². The molecule has 0 spiro atoms. The van der Waals surface area contributed by atoms with E-state index in [9.17, 15) is 9.90 Å². The number of carbonyl (C=O) groups is 1. The molecule has 0 aliphatic heterocycles. The lowest BCUT2D eigenvalue weighted by molar-refractivity contribution is 0.0927. The highest BCUT2D eigenvalue weighted by Crippen LogP contribution is 2.33. The van der Waals surface area contributed by atoms with Gasteiger partial charge in [0.15, 0.2) is 0 Å². The number of aromatic nitrogens is 2. The van der Waals surface area contributed by atoms with Crippen LogP contribution in [-0.2, 0) is 0 Å². The van der Waals surface area contributed by atoms with Gasteiger partial charge < -0.3 is 20.6 Å². The molecule has 0 radical (unpaired) electrons. The quantitative estimate of drug-likeness (QED) is 0.624. The van der Waals surface area contributed by atoms with Gasteiger partial charge in [0.2, 0.25) is 0 Å². The van der Waals surface area contributed by atoms with Crippen molar-refractivity contribution in [1.82, 2.24) is 20.2 Å². The van der Waals surface area contributed by atoms with Gasteiger partial charge >= 0.3 is 0 Å². The summed E-state index contributed by atoms with van der Waals surface area (Å²) in [5.74, 6) is 0.581. The zero-order valence-corrected chi connectivity index (χ0v) is 15.4. The molecule has 3 N–H and O–H groups in total. The predicted molar refractivity (Wildman–Crippen MR) is 97.8 cm³/mol. The maximum absolute atomic E-state index is 12.3. The first-order chi connectivity index (χ1) is 11.4. The number of aliphatic hydroxyl groups is 1. The fourth-order valence-electron chi connectivity index (χ4n) is 2.34. The maximum Gasteiger partial charge on any atom is 0.261 e. The lowest BCUT2D eigenvalue weighted by atomic mass is 10.2. The van der Waals surface area contributed by atoms with E-state index in [1.807, 2.05) is 21.0 Å². The van der Waals surface area contributed by atoms with Gasteiger partial charge in [-0.15, -0.1) is 11.3 Å². The highest BCUT2D eigenvalue weighted by Gasteiger charge is 2.19. The van der Waals surface area contributed by atoms with Crippen LogP contribution in [0.4, 0.5) is 5.82 Å². The van der Waals surface area contributed by atoms with Gasteiger partial charge in [-0.05, 0) is 46.5 Å². The fourth-order valence-corrected chi connectivity index (χ4v) is 3.41. The van der Waals surface area contributed by atoms with Gasteiger partial charge in [-0.2, -0.15) is 0 Å². The molecule has 1 unspecified atom stereocenters. The number of carbonyl (C=O) groups excluding carboxylic acids is 1. The summed E-state index contributed by atoms with van der Waals surface area (Å²) in [6, 6.07) is 0. The molecular weight excluding hydrogens is 326 g/mol. The third-order valence-corrected chi connectivity index (χ3v) is 4.76. The SMILES string of the molecule is Cc1c(C(=O)NCC(C)O)sc2ncnc(NCCCN(C)C)c12. The number of aryl methyl sites for hydroxylation is 1. The second-order valence-electron chi connectivity index (χ2n) is 6.10.